The number of hydrogen-bond acceptors (Lipinski definition) is 4. The third-order valence-electron chi connectivity index (χ3n) is 3.19. The average molecular weight is 300 g/mol. The van der Waals surface area contributed by atoms with Gasteiger partial charge < -0.3 is 14.4 Å². The maximum absolute atomic E-state index is 10.1. The van der Waals surface area contributed by atoms with E-state index >= 15 is 0 Å². The predicted octanol–water partition coefficient (Wildman–Crippen LogP) is 2.62. The highest BCUT2D eigenvalue weighted by molar-refractivity contribution is 7.16. The molecule has 0 spiro atoms. The van der Waals surface area contributed by atoms with Crippen LogP contribution in [-0.2, 0) is 6.54 Å². The van der Waals surface area contributed by atoms with Crippen molar-refractivity contribution in [3.63, 3.8) is 0 Å². The number of thiazole rings is 1. The molecule has 21 heavy (non-hydrogen) atoms. The zero-order valence-corrected chi connectivity index (χ0v) is 12.2. The lowest BCUT2D eigenvalue weighted by atomic mass is 10.3. The number of benzene rings is 2. The lowest BCUT2D eigenvalue weighted by Crippen LogP contribution is -2.27. The largest absolute Gasteiger partial charge is 0.491 e. The van der Waals surface area contributed by atoms with Crippen LogP contribution in [0.1, 0.15) is 0 Å². The fourth-order valence-electron chi connectivity index (χ4n) is 2.19. The van der Waals surface area contributed by atoms with E-state index in [0.29, 0.717) is 11.3 Å². The molecule has 0 bridgehead atoms. The van der Waals surface area contributed by atoms with Crippen LogP contribution >= 0.6 is 11.3 Å². The quantitative estimate of drug-likeness (QED) is 0.761. The number of aliphatic hydroxyl groups excluding tert-OH is 1. The molecule has 1 heterocycles. The highest BCUT2D eigenvalue weighted by atomic mass is 32.1. The smallest absolute Gasteiger partial charge is 0.183 e. The summed E-state index contributed by atoms with van der Waals surface area (Å²) in [6.07, 6.45) is -0.655. The second-order valence-corrected chi connectivity index (χ2v) is 5.79. The van der Waals surface area contributed by atoms with Crippen molar-refractivity contribution >= 4 is 21.6 Å². The van der Waals surface area contributed by atoms with E-state index in [1.165, 1.54) is 11.3 Å². The maximum atomic E-state index is 10.1. The highest BCUT2D eigenvalue weighted by Gasteiger charge is 2.11. The van der Waals surface area contributed by atoms with Crippen molar-refractivity contribution in [1.29, 1.82) is 5.41 Å². The summed E-state index contributed by atoms with van der Waals surface area (Å²) < 4.78 is 8.42. The van der Waals surface area contributed by atoms with Crippen molar-refractivity contribution in [2.75, 3.05) is 6.61 Å². The summed E-state index contributed by atoms with van der Waals surface area (Å²) in [5.74, 6) is 0.739. The van der Waals surface area contributed by atoms with Crippen molar-refractivity contribution in [2.24, 2.45) is 0 Å². The molecule has 0 saturated heterocycles. The average Bonchev–Trinajstić information content (AvgIpc) is 2.82. The first kappa shape index (κ1) is 13.9. The Labute approximate surface area is 126 Å². The van der Waals surface area contributed by atoms with E-state index in [1.54, 1.807) is 0 Å². The number of aromatic nitrogens is 1. The topological polar surface area (TPSA) is 58.2 Å². The van der Waals surface area contributed by atoms with Gasteiger partial charge in [0.1, 0.15) is 18.5 Å². The third kappa shape index (κ3) is 3.15. The lowest BCUT2D eigenvalue weighted by molar-refractivity contribution is 0.0928. The Balaban J connectivity index is 1.70. The number of rotatable bonds is 5. The van der Waals surface area contributed by atoms with Crippen LogP contribution in [-0.4, -0.2) is 22.4 Å². The molecule has 3 rings (SSSR count). The molecular weight excluding hydrogens is 284 g/mol. The van der Waals surface area contributed by atoms with Gasteiger partial charge >= 0.3 is 0 Å². The van der Waals surface area contributed by atoms with Gasteiger partial charge in [0.05, 0.1) is 16.8 Å². The molecular formula is C16H16N2O2S. The number of aliphatic hydroxyl groups is 1. The highest BCUT2D eigenvalue weighted by Crippen LogP contribution is 2.17. The van der Waals surface area contributed by atoms with E-state index in [4.69, 9.17) is 10.1 Å². The fourth-order valence-corrected chi connectivity index (χ4v) is 3.11. The van der Waals surface area contributed by atoms with Gasteiger partial charge in [0.25, 0.3) is 0 Å². The summed E-state index contributed by atoms with van der Waals surface area (Å²) >= 11 is 1.41. The number of fused-ring (bicyclic) bond motifs is 1. The van der Waals surface area contributed by atoms with Crippen LogP contribution in [0.4, 0.5) is 0 Å². The van der Waals surface area contributed by atoms with Gasteiger partial charge in [-0.1, -0.05) is 41.7 Å². The van der Waals surface area contributed by atoms with Crippen molar-refractivity contribution in [1.82, 2.24) is 4.57 Å². The van der Waals surface area contributed by atoms with Gasteiger partial charge in [0.15, 0.2) is 4.80 Å². The second-order valence-electron chi connectivity index (χ2n) is 4.76. The minimum absolute atomic E-state index is 0.209. The molecule has 0 radical (unpaired) electrons. The van der Waals surface area contributed by atoms with Crippen LogP contribution in [0.25, 0.3) is 10.2 Å². The van der Waals surface area contributed by atoms with Crippen LogP contribution in [0.2, 0.25) is 0 Å². The Morgan fingerprint density at radius 3 is 2.62 bits per heavy atom. The molecule has 3 aromatic rings. The predicted molar refractivity (Wildman–Crippen MR) is 83.6 cm³/mol. The fraction of sp³-hybridized carbons (Fsp3) is 0.188. The Bertz CT molecular complexity index is 780. The standard InChI is InChI=1S/C16H16N2O2S/c17-16-18(14-8-4-5-9-15(14)21-16)10-12(19)11-20-13-6-2-1-3-7-13/h1-9,12,17,19H,10-11H2. The summed E-state index contributed by atoms with van der Waals surface area (Å²) in [5.41, 5.74) is 0.978. The minimum atomic E-state index is -0.655. The lowest BCUT2D eigenvalue weighted by Gasteiger charge is -2.13. The second kappa shape index (κ2) is 6.11. The molecule has 0 aliphatic heterocycles. The molecule has 0 aliphatic rings. The van der Waals surface area contributed by atoms with Gasteiger partial charge in [-0.25, -0.2) is 0 Å². The van der Waals surface area contributed by atoms with Gasteiger partial charge in [-0.2, -0.15) is 0 Å². The Morgan fingerprint density at radius 1 is 1.10 bits per heavy atom. The first-order valence-corrected chi connectivity index (χ1v) is 7.54. The molecule has 5 heteroatoms. The molecule has 4 nitrogen and oxygen atoms in total. The van der Waals surface area contributed by atoms with Gasteiger partial charge in [-0.3, -0.25) is 5.41 Å². The van der Waals surface area contributed by atoms with E-state index in [2.05, 4.69) is 0 Å². The Morgan fingerprint density at radius 2 is 1.81 bits per heavy atom. The van der Waals surface area contributed by atoms with Gasteiger partial charge in [-0.05, 0) is 24.3 Å². The molecule has 0 amide bonds. The van der Waals surface area contributed by atoms with E-state index in [9.17, 15) is 5.11 Å². The molecule has 0 aliphatic carbocycles. The van der Waals surface area contributed by atoms with Crippen LogP contribution < -0.4 is 9.54 Å². The van der Waals surface area contributed by atoms with Crippen molar-refractivity contribution in [2.45, 2.75) is 12.6 Å². The summed E-state index contributed by atoms with van der Waals surface area (Å²) in [7, 11) is 0. The van der Waals surface area contributed by atoms with Crippen molar-refractivity contribution < 1.29 is 9.84 Å². The van der Waals surface area contributed by atoms with Crippen LogP contribution in [0, 0.1) is 5.41 Å². The molecule has 1 atom stereocenters. The number of ether oxygens (including phenoxy) is 1. The summed E-state index contributed by atoms with van der Waals surface area (Å²) in [6.45, 7) is 0.566. The van der Waals surface area contributed by atoms with Gasteiger partial charge in [0, 0.05) is 0 Å². The first-order valence-electron chi connectivity index (χ1n) is 6.73. The molecule has 1 aromatic heterocycles. The maximum Gasteiger partial charge on any atom is 0.183 e. The number of hydrogen-bond donors (Lipinski definition) is 2. The van der Waals surface area contributed by atoms with Crippen molar-refractivity contribution in [3.8, 4) is 5.75 Å². The molecule has 108 valence electrons. The Hall–Kier alpha value is -2.11. The number of para-hydroxylation sites is 2. The third-order valence-corrected chi connectivity index (χ3v) is 4.17. The first-order chi connectivity index (χ1) is 10.2. The SMILES string of the molecule is N=c1sc2ccccc2n1CC(O)COc1ccccc1. The number of nitrogens with zero attached hydrogens (tertiary/aromatic N) is 1. The van der Waals surface area contributed by atoms with E-state index in [1.807, 2.05) is 59.2 Å². The van der Waals surface area contributed by atoms with Crippen LogP contribution in [0.5, 0.6) is 5.75 Å². The number of nitrogens with one attached hydrogen (secondary N) is 1. The summed E-state index contributed by atoms with van der Waals surface area (Å²) in [5, 5.41) is 18.2. The zero-order valence-electron chi connectivity index (χ0n) is 11.4. The van der Waals surface area contributed by atoms with E-state index in [0.717, 1.165) is 16.0 Å². The normalized spacial score (nSPS) is 12.4. The molecule has 1 unspecified atom stereocenters. The van der Waals surface area contributed by atoms with Crippen molar-refractivity contribution in [3.05, 3.63) is 59.4 Å². The summed E-state index contributed by atoms with van der Waals surface area (Å²) in [4.78, 5) is 0.440. The van der Waals surface area contributed by atoms with Gasteiger partial charge in [-0.15, -0.1) is 0 Å². The van der Waals surface area contributed by atoms with Gasteiger partial charge in [0.2, 0.25) is 0 Å². The zero-order chi connectivity index (χ0) is 14.7. The minimum Gasteiger partial charge on any atom is -0.491 e. The molecule has 0 fully saturated rings. The summed E-state index contributed by atoms with van der Waals surface area (Å²) in [6, 6.07) is 17.3. The van der Waals surface area contributed by atoms with Crippen LogP contribution in [0.3, 0.4) is 0 Å². The Kier molecular flexibility index (Phi) is 4.03. The molecule has 0 saturated carbocycles. The molecule has 2 aromatic carbocycles. The van der Waals surface area contributed by atoms with Crippen LogP contribution in [0.15, 0.2) is 54.6 Å². The van der Waals surface area contributed by atoms with E-state index < -0.39 is 6.10 Å². The van der Waals surface area contributed by atoms with E-state index in [-0.39, 0.29) is 6.61 Å². The molecule has 2 N–H and O–H groups in total. The monoisotopic (exact) mass is 300 g/mol.